The molecule has 0 aromatic heterocycles. The summed E-state index contributed by atoms with van der Waals surface area (Å²) in [7, 11) is 0. The van der Waals surface area contributed by atoms with Crippen LogP contribution in [0.3, 0.4) is 0 Å². The summed E-state index contributed by atoms with van der Waals surface area (Å²) in [6, 6.07) is 31.6. The molecular formula is C31H24O6. The van der Waals surface area contributed by atoms with Crippen molar-refractivity contribution in [1.82, 2.24) is 0 Å². The molecule has 0 saturated heterocycles. The van der Waals surface area contributed by atoms with Gasteiger partial charge in [0.2, 0.25) is 6.79 Å². The highest BCUT2D eigenvalue weighted by atomic mass is 16.7. The van der Waals surface area contributed by atoms with Crippen LogP contribution < -0.4 is 14.2 Å². The predicted octanol–water partition coefficient (Wildman–Crippen LogP) is 5.89. The maximum Gasteiger partial charge on any atom is 0.315 e. The van der Waals surface area contributed by atoms with Gasteiger partial charge in [-0.1, -0.05) is 84.9 Å². The smallest absolute Gasteiger partial charge is 0.315 e. The Morgan fingerprint density at radius 2 is 1.30 bits per heavy atom. The van der Waals surface area contributed by atoms with Crippen LogP contribution in [0.4, 0.5) is 0 Å². The zero-order chi connectivity index (χ0) is 25.4. The van der Waals surface area contributed by atoms with Crippen molar-refractivity contribution in [2.45, 2.75) is 11.8 Å². The molecule has 2 aliphatic rings. The molecule has 2 atom stereocenters. The molecule has 1 aliphatic carbocycles. The lowest BCUT2D eigenvalue weighted by Gasteiger charge is -2.49. The van der Waals surface area contributed by atoms with Crippen LogP contribution in [0.15, 0.2) is 103 Å². The molecule has 1 aliphatic heterocycles. The summed E-state index contributed by atoms with van der Waals surface area (Å²) in [4.78, 5) is 26.3. The zero-order valence-electron chi connectivity index (χ0n) is 19.8. The van der Waals surface area contributed by atoms with E-state index in [-0.39, 0.29) is 6.79 Å². The fourth-order valence-corrected chi connectivity index (χ4v) is 5.56. The molecular weight excluding hydrogens is 468 g/mol. The minimum atomic E-state index is -0.924. The van der Waals surface area contributed by atoms with Crippen molar-refractivity contribution in [3.8, 4) is 28.4 Å². The summed E-state index contributed by atoms with van der Waals surface area (Å²) >= 11 is 0. The Hall–Kier alpha value is -4.58. The molecule has 0 spiro atoms. The first-order valence-corrected chi connectivity index (χ1v) is 12.2. The first kappa shape index (κ1) is 22.9. The van der Waals surface area contributed by atoms with Gasteiger partial charge < -0.3 is 19.3 Å². The van der Waals surface area contributed by atoms with Crippen LogP contribution in [-0.4, -0.2) is 23.8 Å². The normalized spacial score (nSPS) is 21.6. The zero-order valence-corrected chi connectivity index (χ0v) is 19.8. The SMILES string of the molecule is O=C(O)C1[C@@H](c2ccccc2)C(C(=O)Oc2ccccc2-c2ccc3c(c2)OCO3)[C@@H]1c1ccccc1. The van der Waals surface area contributed by atoms with E-state index in [0.29, 0.717) is 17.2 Å². The molecule has 1 fully saturated rings. The molecule has 184 valence electrons. The molecule has 6 heteroatoms. The molecule has 0 bridgehead atoms. The number of para-hydroxylation sites is 1. The van der Waals surface area contributed by atoms with Gasteiger partial charge in [0.25, 0.3) is 0 Å². The van der Waals surface area contributed by atoms with Crippen molar-refractivity contribution >= 4 is 11.9 Å². The molecule has 1 N–H and O–H groups in total. The summed E-state index contributed by atoms with van der Waals surface area (Å²) in [5, 5.41) is 10.2. The molecule has 6 nitrogen and oxygen atoms in total. The first-order valence-electron chi connectivity index (χ1n) is 12.2. The lowest BCUT2D eigenvalue weighted by Crippen LogP contribution is -2.52. The molecule has 4 aromatic carbocycles. The molecule has 6 rings (SSSR count). The van der Waals surface area contributed by atoms with Gasteiger partial charge in [-0.3, -0.25) is 9.59 Å². The van der Waals surface area contributed by atoms with Gasteiger partial charge in [0, 0.05) is 17.4 Å². The van der Waals surface area contributed by atoms with E-state index < -0.39 is 35.6 Å². The summed E-state index contributed by atoms with van der Waals surface area (Å²) in [6.07, 6.45) is 0. The van der Waals surface area contributed by atoms with Crippen LogP contribution in [0.25, 0.3) is 11.1 Å². The largest absolute Gasteiger partial charge is 0.481 e. The highest BCUT2D eigenvalue weighted by Crippen LogP contribution is 2.58. The summed E-state index contributed by atoms with van der Waals surface area (Å²) in [5.41, 5.74) is 3.18. The van der Waals surface area contributed by atoms with E-state index in [2.05, 4.69) is 0 Å². The number of ether oxygens (including phenoxy) is 3. The van der Waals surface area contributed by atoms with Gasteiger partial charge in [-0.2, -0.15) is 0 Å². The molecule has 1 saturated carbocycles. The Kier molecular flexibility index (Phi) is 5.85. The highest BCUT2D eigenvalue weighted by molar-refractivity contribution is 5.87. The Morgan fingerprint density at radius 1 is 0.703 bits per heavy atom. The average Bonchev–Trinajstić information content (AvgIpc) is 3.37. The maximum absolute atomic E-state index is 13.8. The Bertz CT molecular complexity index is 1400. The van der Waals surface area contributed by atoms with Crippen molar-refractivity contribution < 1.29 is 28.9 Å². The molecule has 1 heterocycles. The lowest BCUT2D eigenvalue weighted by atomic mass is 9.52. The number of rotatable bonds is 6. The van der Waals surface area contributed by atoms with E-state index in [9.17, 15) is 14.7 Å². The molecule has 0 radical (unpaired) electrons. The van der Waals surface area contributed by atoms with Crippen LogP contribution in [0.2, 0.25) is 0 Å². The number of esters is 1. The monoisotopic (exact) mass is 492 g/mol. The number of fused-ring (bicyclic) bond motifs is 1. The summed E-state index contributed by atoms with van der Waals surface area (Å²) in [6.45, 7) is 0.170. The number of benzene rings is 4. The van der Waals surface area contributed by atoms with Crippen molar-refractivity contribution in [2.75, 3.05) is 6.79 Å². The van der Waals surface area contributed by atoms with E-state index in [4.69, 9.17) is 14.2 Å². The summed E-state index contributed by atoms with van der Waals surface area (Å²) in [5.74, 6) is -2.07. The molecule has 37 heavy (non-hydrogen) atoms. The minimum Gasteiger partial charge on any atom is -0.481 e. The van der Waals surface area contributed by atoms with Crippen LogP contribution in [-0.2, 0) is 9.59 Å². The number of hydrogen-bond acceptors (Lipinski definition) is 5. The van der Waals surface area contributed by atoms with Crippen molar-refractivity contribution in [3.05, 3.63) is 114 Å². The van der Waals surface area contributed by atoms with Crippen LogP contribution in [0, 0.1) is 11.8 Å². The summed E-state index contributed by atoms with van der Waals surface area (Å²) < 4.78 is 17.0. The Balaban J connectivity index is 1.37. The number of aliphatic carboxylic acids is 1. The van der Waals surface area contributed by atoms with E-state index >= 15 is 0 Å². The third-order valence-electron chi connectivity index (χ3n) is 7.26. The molecule has 4 aromatic rings. The number of hydrogen-bond donors (Lipinski definition) is 1. The van der Waals surface area contributed by atoms with Crippen LogP contribution >= 0.6 is 0 Å². The lowest BCUT2D eigenvalue weighted by molar-refractivity contribution is -0.158. The van der Waals surface area contributed by atoms with Gasteiger partial charge >= 0.3 is 11.9 Å². The third-order valence-corrected chi connectivity index (χ3v) is 7.26. The maximum atomic E-state index is 13.8. The van der Waals surface area contributed by atoms with E-state index in [0.717, 1.165) is 22.3 Å². The third kappa shape index (κ3) is 4.10. The number of carboxylic acids is 1. The second kappa shape index (κ2) is 9.47. The van der Waals surface area contributed by atoms with Gasteiger partial charge in [0.05, 0.1) is 11.8 Å². The van der Waals surface area contributed by atoms with E-state index in [1.54, 1.807) is 6.07 Å². The quantitative estimate of drug-likeness (QED) is 0.267. The number of carbonyl (C=O) groups excluding carboxylic acids is 1. The minimum absolute atomic E-state index is 0.170. The average molecular weight is 493 g/mol. The highest BCUT2D eigenvalue weighted by Gasteiger charge is 2.59. The van der Waals surface area contributed by atoms with Gasteiger partial charge in [0.15, 0.2) is 11.5 Å². The fraction of sp³-hybridized carbons (Fsp3) is 0.161. The fourth-order valence-electron chi connectivity index (χ4n) is 5.56. The standard InChI is InChI=1S/C31H24O6/c32-30(33)28-26(19-9-3-1-4-10-19)29(27(28)20-11-5-2-6-12-20)31(34)37-23-14-8-7-13-22(23)21-15-16-24-25(17-21)36-18-35-24/h1-17,26-29H,18H2,(H,32,33)/t26-,27-,28?,29?/m1/s1. The molecule has 0 amide bonds. The predicted molar refractivity (Wildman–Crippen MR) is 137 cm³/mol. The Morgan fingerprint density at radius 3 is 1.95 bits per heavy atom. The van der Waals surface area contributed by atoms with Crippen LogP contribution in [0.5, 0.6) is 17.2 Å². The van der Waals surface area contributed by atoms with E-state index in [1.165, 1.54) is 0 Å². The second-order valence-electron chi connectivity index (χ2n) is 9.25. The van der Waals surface area contributed by atoms with Crippen molar-refractivity contribution in [2.24, 2.45) is 11.8 Å². The van der Waals surface area contributed by atoms with Crippen LogP contribution in [0.1, 0.15) is 23.0 Å². The van der Waals surface area contributed by atoms with Gasteiger partial charge in [-0.25, -0.2) is 0 Å². The number of carbonyl (C=O) groups is 2. The van der Waals surface area contributed by atoms with Crippen molar-refractivity contribution in [3.63, 3.8) is 0 Å². The van der Waals surface area contributed by atoms with E-state index in [1.807, 2.05) is 97.1 Å². The van der Waals surface area contributed by atoms with Crippen molar-refractivity contribution in [1.29, 1.82) is 0 Å². The number of carboxylic acid groups (broad SMARTS) is 1. The second-order valence-corrected chi connectivity index (χ2v) is 9.25. The van der Waals surface area contributed by atoms with Gasteiger partial charge in [-0.05, 0) is 34.9 Å². The topological polar surface area (TPSA) is 82.1 Å². The van der Waals surface area contributed by atoms with Gasteiger partial charge in [-0.15, -0.1) is 0 Å². The first-order chi connectivity index (χ1) is 18.1. The molecule has 0 unspecified atom stereocenters. The van der Waals surface area contributed by atoms with Gasteiger partial charge in [0.1, 0.15) is 5.75 Å². The Labute approximate surface area is 214 Å².